The maximum Gasteiger partial charge on any atom is 0.263 e. The summed E-state index contributed by atoms with van der Waals surface area (Å²) in [7, 11) is 0. The molecule has 0 aliphatic heterocycles. The first-order valence-electron chi connectivity index (χ1n) is 8.03. The third-order valence-electron chi connectivity index (χ3n) is 3.72. The van der Waals surface area contributed by atoms with Gasteiger partial charge < -0.3 is 10.1 Å². The Bertz CT molecular complexity index is 856. The Hall–Kier alpha value is -2.18. The fourth-order valence-corrected chi connectivity index (χ4v) is 4.06. The number of aromatic nitrogens is 1. The van der Waals surface area contributed by atoms with Crippen LogP contribution in [0.15, 0.2) is 41.8 Å². The van der Waals surface area contributed by atoms with Crippen LogP contribution in [0.1, 0.15) is 43.8 Å². The number of hydrogen-bond acceptors (Lipinski definition) is 5. The van der Waals surface area contributed by atoms with E-state index in [0.717, 1.165) is 26.9 Å². The molecule has 2 heterocycles. The molecule has 0 unspecified atom stereocenters. The molecule has 3 aromatic rings. The molecule has 25 heavy (non-hydrogen) atoms. The van der Waals surface area contributed by atoms with E-state index in [1.54, 1.807) is 11.3 Å². The highest BCUT2D eigenvalue weighted by Crippen LogP contribution is 2.23. The van der Waals surface area contributed by atoms with Crippen LogP contribution in [0.2, 0.25) is 0 Å². The summed E-state index contributed by atoms with van der Waals surface area (Å²) in [5.74, 6) is 0.725. The molecule has 130 valence electrons. The van der Waals surface area contributed by atoms with Gasteiger partial charge in [-0.15, -0.1) is 22.7 Å². The van der Waals surface area contributed by atoms with Crippen LogP contribution in [0.3, 0.4) is 0 Å². The van der Waals surface area contributed by atoms with Crippen LogP contribution in [0, 0.1) is 13.8 Å². The SMILES string of the molecule is Cc1cccc(OCc2nc(C)c(C(=O)N[C@@H](C)c3cccs3)s2)c1. The fourth-order valence-electron chi connectivity index (χ4n) is 2.45. The van der Waals surface area contributed by atoms with Crippen molar-refractivity contribution in [3.63, 3.8) is 0 Å². The van der Waals surface area contributed by atoms with Gasteiger partial charge in [0.25, 0.3) is 5.91 Å². The van der Waals surface area contributed by atoms with E-state index in [-0.39, 0.29) is 11.9 Å². The van der Waals surface area contributed by atoms with E-state index in [9.17, 15) is 4.79 Å². The van der Waals surface area contributed by atoms with Gasteiger partial charge in [0, 0.05) is 4.88 Å². The zero-order valence-electron chi connectivity index (χ0n) is 14.4. The second-order valence-electron chi connectivity index (χ2n) is 5.84. The molecule has 0 saturated heterocycles. The van der Waals surface area contributed by atoms with Gasteiger partial charge in [-0.2, -0.15) is 0 Å². The number of nitrogens with zero attached hydrogens (tertiary/aromatic N) is 1. The summed E-state index contributed by atoms with van der Waals surface area (Å²) >= 11 is 3.02. The molecular formula is C19H20N2O2S2. The first-order valence-corrected chi connectivity index (χ1v) is 9.72. The van der Waals surface area contributed by atoms with Gasteiger partial charge in [-0.05, 0) is 49.9 Å². The molecule has 0 spiro atoms. The van der Waals surface area contributed by atoms with Gasteiger partial charge in [0.2, 0.25) is 0 Å². The molecule has 6 heteroatoms. The molecule has 2 aromatic heterocycles. The topological polar surface area (TPSA) is 51.2 Å². The molecule has 3 rings (SSSR count). The van der Waals surface area contributed by atoms with Gasteiger partial charge in [0.1, 0.15) is 22.2 Å². The Morgan fingerprint density at radius 3 is 2.84 bits per heavy atom. The average Bonchev–Trinajstić information content (AvgIpc) is 3.22. The highest BCUT2D eigenvalue weighted by Gasteiger charge is 2.18. The van der Waals surface area contributed by atoms with Crippen molar-refractivity contribution in [2.45, 2.75) is 33.4 Å². The Balaban J connectivity index is 1.64. The third kappa shape index (κ3) is 4.46. The highest BCUT2D eigenvalue weighted by atomic mass is 32.1. The number of amides is 1. The number of aryl methyl sites for hydroxylation is 2. The first kappa shape index (κ1) is 17.6. The van der Waals surface area contributed by atoms with Crippen LogP contribution in [0.5, 0.6) is 5.75 Å². The van der Waals surface area contributed by atoms with Gasteiger partial charge in [0.05, 0.1) is 11.7 Å². The average molecular weight is 373 g/mol. The lowest BCUT2D eigenvalue weighted by Crippen LogP contribution is -2.25. The van der Waals surface area contributed by atoms with Crippen LogP contribution < -0.4 is 10.1 Å². The van der Waals surface area contributed by atoms with Crippen molar-refractivity contribution in [2.24, 2.45) is 0 Å². The van der Waals surface area contributed by atoms with Gasteiger partial charge >= 0.3 is 0 Å². The van der Waals surface area contributed by atoms with Gasteiger partial charge in [-0.1, -0.05) is 18.2 Å². The van der Waals surface area contributed by atoms with Crippen molar-refractivity contribution in [3.8, 4) is 5.75 Å². The predicted molar refractivity (Wildman–Crippen MR) is 103 cm³/mol. The molecular weight excluding hydrogens is 352 g/mol. The number of carbonyl (C=O) groups excluding carboxylic acids is 1. The Morgan fingerprint density at radius 2 is 2.12 bits per heavy atom. The van der Waals surface area contributed by atoms with Crippen LogP contribution in [-0.4, -0.2) is 10.9 Å². The molecule has 1 aromatic carbocycles. The minimum atomic E-state index is -0.0855. The maximum atomic E-state index is 12.5. The molecule has 0 aliphatic rings. The van der Waals surface area contributed by atoms with E-state index in [2.05, 4.69) is 10.3 Å². The van der Waals surface area contributed by atoms with E-state index in [0.29, 0.717) is 11.5 Å². The summed E-state index contributed by atoms with van der Waals surface area (Å²) in [6, 6.07) is 11.9. The smallest absolute Gasteiger partial charge is 0.263 e. The van der Waals surface area contributed by atoms with E-state index in [4.69, 9.17) is 4.74 Å². The molecule has 1 N–H and O–H groups in total. The summed E-state index contributed by atoms with van der Waals surface area (Å²) in [5, 5.41) is 5.84. The lowest BCUT2D eigenvalue weighted by Gasteiger charge is -2.11. The molecule has 0 aliphatic carbocycles. The normalized spacial score (nSPS) is 12.0. The minimum Gasteiger partial charge on any atom is -0.486 e. The van der Waals surface area contributed by atoms with E-state index in [1.165, 1.54) is 11.3 Å². The van der Waals surface area contributed by atoms with Crippen molar-refractivity contribution < 1.29 is 9.53 Å². The number of benzene rings is 1. The second kappa shape index (κ2) is 7.80. The van der Waals surface area contributed by atoms with E-state index < -0.39 is 0 Å². The molecule has 4 nitrogen and oxygen atoms in total. The summed E-state index contributed by atoms with van der Waals surface area (Å²) in [5.41, 5.74) is 1.89. The zero-order chi connectivity index (χ0) is 17.8. The van der Waals surface area contributed by atoms with Crippen molar-refractivity contribution in [3.05, 3.63) is 67.8 Å². The molecule has 0 radical (unpaired) electrons. The Kier molecular flexibility index (Phi) is 5.50. The van der Waals surface area contributed by atoms with Gasteiger partial charge in [-0.25, -0.2) is 4.98 Å². The molecule has 1 amide bonds. The Labute approximate surface area is 155 Å². The summed E-state index contributed by atoms with van der Waals surface area (Å²) in [6.45, 7) is 6.24. The van der Waals surface area contributed by atoms with Crippen LogP contribution in [-0.2, 0) is 6.61 Å². The number of carbonyl (C=O) groups is 1. The summed E-state index contributed by atoms with van der Waals surface area (Å²) < 4.78 is 5.78. The summed E-state index contributed by atoms with van der Waals surface area (Å²) in [4.78, 5) is 18.8. The van der Waals surface area contributed by atoms with Gasteiger partial charge in [-0.3, -0.25) is 4.79 Å². The zero-order valence-corrected chi connectivity index (χ0v) is 16.0. The summed E-state index contributed by atoms with van der Waals surface area (Å²) in [6.07, 6.45) is 0. The molecule has 0 saturated carbocycles. The lowest BCUT2D eigenvalue weighted by molar-refractivity contribution is 0.0944. The largest absolute Gasteiger partial charge is 0.486 e. The first-order chi connectivity index (χ1) is 12.0. The fraction of sp³-hybridized carbons (Fsp3) is 0.263. The monoisotopic (exact) mass is 372 g/mol. The number of rotatable bonds is 6. The van der Waals surface area contributed by atoms with E-state index >= 15 is 0 Å². The third-order valence-corrected chi connectivity index (χ3v) is 5.90. The standard InChI is InChI=1S/C19H20N2O2S2/c1-12-6-4-7-15(10-12)23-11-17-20-14(3)18(25-17)19(22)21-13(2)16-8-5-9-24-16/h4-10,13H,11H2,1-3H3,(H,21,22)/t13-/m0/s1. The number of hydrogen-bond donors (Lipinski definition) is 1. The second-order valence-corrected chi connectivity index (χ2v) is 7.90. The van der Waals surface area contributed by atoms with Crippen molar-refractivity contribution in [1.82, 2.24) is 10.3 Å². The molecule has 0 bridgehead atoms. The van der Waals surface area contributed by atoms with Crippen molar-refractivity contribution in [1.29, 1.82) is 0 Å². The van der Waals surface area contributed by atoms with Crippen LogP contribution in [0.25, 0.3) is 0 Å². The molecule has 1 atom stereocenters. The van der Waals surface area contributed by atoms with E-state index in [1.807, 2.05) is 62.5 Å². The van der Waals surface area contributed by atoms with Gasteiger partial charge in [0.15, 0.2) is 0 Å². The lowest BCUT2D eigenvalue weighted by atomic mass is 10.2. The Morgan fingerprint density at radius 1 is 1.28 bits per heavy atom. The van der Waals surface area contributed by atoms with Crippen molar-refractivity contribution in [2.75, 3.05) is 0 Å². The quantitative estimate of drug-likeness (QED) is 0.670. The van der Waals surface area contributed by atoms with Crippen molar-refractivity contribution >= 4 is 28.6 Å². The number of thiophene rings is 1. The van der Waals surface area contributed by atoms with Crippen LogP contribution >= 0.6 is 22.7 Å². The van der Waals surface area contributed by atoms with Crippen LogP contribution in [0.4, 0.5) is 0 Å². The highest BCUT2D eigenvalue weighted by molar-refractivity contribution is 7.13. The maximum absolute atomic E-state index is 12.5. The molecule has 0 fully saturated rings. The number of ether oxygens (including phenoxy) is 1. The predicted octanol–water partition coefficient (Wildman–Crippen LogP) is 4.89. The minimum absolute atomic E-state index is 0.0130. The number of nitrogens with one attached hydrogen (secondary N) is 1. The number of thiazole rings is 1.